The van der Waals surface area contributed by atoms with E-state index in [2.05, 4.69) is 9.97 Å². The molecule has 7 nitrogen and oxygen atoms in total. The molecule has 4 atom stereocenters. The monoisotopic (exact) mass is 333 g/mol. The number of halogens is 2. The molecule has 0 aromatic carbocycles. The summed E-state index contributed by atoms with van der Waals surface area (Å²) in [5, 5.41) is 30.0. The summed E-state index contributed by atoms with van der Waals surface area (Å²) in [5.74, 6) is 0. The Balaban J connectivity index is 2.13. The fourth-order valence-electron chi connectivity index (χ4n) is 2.54. The van der Waals surface area contributed by atoms with Crippen molar-refractivity contribution in [1.82, 2.24) is 14.5 Å². The van der Waals surface area contributed by atoms with Gasteiger partial charge in [0.25, 0.3) is 0 Å². The van der Waals surface area contributed by atoms with E-state index in [4.69, 9.17) is 27.9 Å². The fraction of sp³-hybridized carbons (Fsp3) is 0.500. The van der Waals surface area contributed by atoms with Crippen LogP contribution in [0, 0.1) is 0 Å². The van der Waals surface area contributed by atoms with Gasteiger partial charge < -0.3 is 24.6 Å². The van der Waals surface area contributed by atoms with E-state index in [1.165, 1.54) is 23.9 Å². The third-order valence-electron chi connectivity index (χ3n) is 3.68. The zero-order valence-corrected chi connectivity index (χ0v) is 12.5. The van der Waals surface area contributed by atoms with Crippen molar-refractivity contribution in [3.05, 3.63) is 22.7 Å². The molecular weight excluding hydrogens is 321 g/mol. The quantitative estimate of drug-likeness (QED) is 0.701. The zero-order chi connectivity index (χ0) is 15.4. The number of fused-ring (bicyclic) bond motifs is 1. The standard InChI is InChI=1S/C12H13Cl2N3O4/c1-12(20)9(19)6(3-18)21-11(12)17-4-15-8-5(17)2-7(13)16-10(8)14/h2,4,6,9,11,18-20H,3H2,1H3/t6-,9-,11-,12-/m1/s1. The molecule has 2 aromatic rings. The van der Waals surface area contributed by atoms with E-state index in [0.717, 1.165) is 0 Å². The van der Waals surface area contributed by atoms with Crippen LogP contribution in [0.2, 0.25) is 10.3 Å². The molecule has 0 saturated carbocycles. The van der Waals surface area contributed by atoms with Crippen molar-refractivity contribution in [1.29, 1.82) is 0 Å². The molecule has 1 aliphatic rings. The highest BCUT2D eigenvalue weighted by Gasteiger charge is 2.53. The normalized spacial score (nSPS) is 33.0. The highest BCUT2D eigenvalue weighted by atomic mass is 35.5. The maximum absolute atomic E-state index is 10.5. The summed E-state index contributed by atoms with van der Waals surface area (Å²) in [6, 6.07) is 1.54. The molecule has 9 heteroatoms. The Bertz CT molecular complexity index is 690. The second kappa shape index (κ2) is 5.05. The number of nitrogens with zero attached hydrogens (tertiary/aromatic N) is 3. The molecule has 0 radical (unpaired) electrons. The van der Waals surface area contributed by atoms with E-state index in [1.54, 1.807) is 0 Å². The summed E-state index contributed by atoms with van der Waals surface area (Å²) in [5.41, 5.74) is -0.693. The Morgan fingerprint density at radius 3 is 2.81 bits per heavy atom. The third-order valence-corrected chi connectivity index (χ3v) is 4.13. The van der Waals surface area contributed by atoms with Crippen molar-refractivity contribution in [2.45, 2.75) is 31.0 Å². The number of pyridine rings is 1. The molecular formula is C12H13Cl2N3O4. The predicted molar refractivity (Wildman–Crippen MR) is 75.2 cm³/mol. The maximum Gasteiger partial charge on any atom is 0.167 e. The lowest BCUT2D eigenvalue weighted by molar-refractivity contribution is -0.0948. The van der Waals surface area contributed by atoms with Gasteiger partial charge in [-0.1, -0.05) is 23.2 Å². The molecule has 0 spiro atoms. The van der Waals surface area contributed by atoms with Crippen LogP contribution in [0.4, 0.5) is 0 Å². The van der Waals surface area contributed by atoms with Gasteiger partial charge in [-0.15, -0.1) is 0 Å². The average Bonchev–Trinajstić information content (AvgIpc) is 2.91. The van der Waals surface area contributed by atoms with E-state index in [9.17, 15) is 15.3 Å². The molecule has 0 unspecified atom stereocenters. The van der Waals surface area contributed by atoms with Crippen LogP contribution in [0.1, 0.15) is 13.2 Å². The molecule has 1 saturated heterocycles. The minimum absolute atomic E-state index is 0.133. The first-order chi connectivity index (χ1) is 9.86. The number of aromatic nitrogens is 3. The largest absolute Gasteiger partial charge is 0.394 e. The topological polar surface area (TPSA) is 101 Å². The number of hydrogen-bond donors (Lipinski definition) is 3. The lowest BCUT2D eigenvalue weighted by atomic mass is 9.96. The molecule has 0 amide bonds. The van der Waals surface area contributed by atoms with Gasteiger partial charge in [0.05, 0.1) is 18.5 Å². The Morgan fingerprint density at radius 2 is 2.19 bits per heavy atom. The van der Waals surface area contributed by atoms with E-state index in [0.29, 0.717) is 11.0 Å². The molecule has 0 bridgehead atoms. The average molecular weight is 334 g/mol. The molecule has 0 aliphatic carbocycles. The van der Waals surface area contributed by atoms with Crippen LogP contribution in [-0.2, 0) is 4.74 Å². The fourth-order valence-corrected chi connectivity index (χ4v) is 3.01. The molecule has 1 fully saturated rings. The van der Waals surface area contributed by atoms with E-state index >= 15 is 0 Å². The van der Waals surface area contributed by atoms with Crippen LogP contribution in [0.5, 0.6) is 0 Å². The minimum atomic E-state index is -1.61. The summed E-state index contributed by atoms with van der Waals surface area (Å²) in [6.45, 7) is 1.01. The van der Waals surface area contributed by atoms with Gasteiger partial charge in [-0.3, -0.25) is 0 Å². The Morgan fingerprint density at radius 1 is 1.48 bits per heavy atom. The van der Waals surface area contributed by atoms with Gasteiger partial charge in [0.2, 0.25) is 0 Å². The Labute approximate surface area is 129 Å². The van der Waals surface area contributed by atoms with Gasteiger partial charge in [0, 0.05) is 6.07 Å². The van der Waals surface area contributed by atoms with Gasteiger partial charge in [0.15, 0.2) is 11.4 Å². The first kappa shape index (κ1) is 15.0. The highest BCUT2D eigenvalue weighted by Crippen LogP contribution is 2.40. The van der Waals surface area contributed by atoms with Gasteiger partial charge in [-0.25, -0.2) is 9.97 Å². The third kappa shape index (κ3) is 2.21. The van der Waals surface area contributed by atoms with Crippen LogP contribution in [0.3, 0.4) is 0 Å². The van der Waals surface area contributed by atoms with Crippen molar-refractivity contribution in [3.8, 4) is 0 Å². The van der Waals surface area contributed by atoms with Gasteiger partial charge in [-0.05, 0) is 6.92 Å². The molecule has 1 aliphatic heterocycles. The molecule has 114 valence electrons. The first-order valence-corrected chi connectivity index (χ1v) is 6.97. The van der Waals surface area contributed by atoms with Crippen LogP contribution in [0.15, 0.2) is 12.4 Å². The highest BCUT2D eigenvalue weighted by molar-refractivity contribution is 6.36. The zero-order valence-electron chi connectivity index (χ0n) is 10.9. The van der Waals surface area contributed by atoms with Crippen LogP contribution < -0.4 is 0 Å². The number of hydrogen-bond acceptors (Lipinski definition) is 6. The lowest BCUT2D eigenvalue weighted by Gasteiger charge is -2.27. The SMILES string of the molecule is C[C@@]1(O)[C@H](O)[C@@H](CO)O[C@H]1n1cnc2c(Cl)nc(Cl)cc21. The van der Waals surface area contributed by atoms with E-state index in [-0.39, 0.29) is 10.3 Å². The molecule has 2 aromatic heterocycles. The van der Waals surface area contributed by atoms with Crippen LogP contribution in [0.25, 0.3) is 11.0 Å². The van der Waals surface area contributed by atoms with Crippen molar-refractivity contribution in [2.24, 2.45) is 0 Å². The van der Waals surface area contributed by atoms with Crippen molar-refractivity contribution in [3.63, 3.8) is 0 Å². The van der Waals surface area contributed by atoms with Crippen molar-refractivity contribution in [2.75, 3.05) is 6.61 Å². The molecule has 3 N–H and O–H groups in total. The lowest BCUT2D eigenvalue weighted by Crippen LogP contribution is -2.44. The molecule has 3 heterocycles. The number of aliphatic hydroxyl groups excluding tert-OH is 2. The van der Waals surface area contributed by atoms with Gasteiger partial charge in [-0.2, -0.15) is 0 Å². The maximum atomic E-state index is 10.5. The van der Waals surface area contributed by atoms with Crippen molar-refractivity contribution < 1.29 is 20.1 Å². The number of rotatable bonds is 2. The Hall–Kier alpha value is -0.960. The van der Waals surface area contributed by atoms with E-state index < -0.39 is 30.6 Å². The summed E-state index contributed by atoms with van der Waals surface area (Å²) in [4.78, 5) is 8.01. The summed E-state index contributed by atoms with van der Waals surface area (Å²) in [7, 11) is 0. The minimum Gasteiger partial charge on any atom is -0.394 e. The summed E-state index contributed by atoms with van der Waals surface area (Å²) >= 11 is 11.9. The van der Waals surface area contributed by atoms with Gasteiger partial charge in [0.1, 0.15) is 28.5 Å². The summed E-state index contributed by atoms with van der Waals surface area (Å²) < 4.78 is 7.04. The van der Waals surface area contributed by atoms with Crippen LogP contribution >= 0.6 is 23.2 Å². The second-order valence-electron chi connectivity index (χ2n) is 5.14. The number of imidazole rings is 1. The second-order valence-corrected chi connectivity index (χ2v) is 5.88. The molecule has 21 heavy (non-hydrogen) atoms. The predicted octanol–water partition coefficient (Wildman–Crippen LogP) is 0.740. The number of ether oxygens (including phenoxy) is 1. The molecule has 3 rings (SSSR count). The smallest absolute Gasteiger partial charge is 0.167 e. The van der Waals surface area contributed by atoms with E-state index in [1.807, 2.05) is 0 Å². The Kier molecular flexibility index (Phi) is 3.59. The number of aliphatic hydroxyl groups is 3. The van der Waals surface area contributed by atoms with Crippen molar-refractivity contribution >= 4 is 34.2 Å². The van der Waals surface area contributed by atoms with Gasteiger partial charge >= 0.3 is 0 Å². The van der Waals surface area contributed by atoms with Crippen LogP contribution in [-0.4, -0.2) is 54.3 Å². The first-order valence-electron chi connectivity index (χ1n) is 6.21. The summed E-state index contributed by atoms with van der Waals surface area (Å²) in [6.07, 6.45) is -1.66.